The molecule has 1 heterocycles. The number of hydrogen-bond donors (Lipinski definition) is 1. The van der Waals surface area contributed by atoms with E-state index < -0.39 is 17.6 Å². The summed E-state index contributed by atoms with van der Waals surface area (Å²) in [5.41, 5.74) is -1.15. The molecule has 24 heavy (non-hydrogen) atoms. The highest BCUT2D eigenvalue weighted by Crippen LogP contribution is 2.28. The summed E-state index contributed by atoms with van der Waals surface area (Å²) >= 11 is 5.94. The van der Waals surface area contributed by atoms with Crippen molar-refractivity contribution in [2.24, 2.45) is 0 Å². The van der Waals surface area contributed by atoms with E-state index in [1.807, 2.05) is 0 Å². The Morgan fingerprint density at radius 1 is 1.42 bits per heavy atom. The SMILES string of the molecule is COC1CC(CC(=O)O)N(C(=O)C(C)(C)Oc2cccc(Cl)c2)C1. The molecule has 0 bridgehead atoms. The van der Waals surface area contributed by atoms with Crippen LogP contribution in [0.2, 0.25) is 5.02 Å². The van der Waals surface area contributed by atoms with Gasteiger partial charge in [0.25, 0.3) is 5.91 Å². The van der Waals surface area contributed by atoms with Crippen LogP contribution >= 0.6 is 11.6 Å². The van der Waals surface area contributed by atoms with E-state index in [-0.39, 0.29) is 18.4 Å². The average Bonchev–Trinajstić information content (AvgIpc) is 2.88. The molecule has 0 aromatic heterocycles. The van der Waals surface area contributed by atoms with E-state index in [4.69, 9.17) is 26.2 Å². The van der Waals surface area contributed by atoms with E-state index in [2.05, 4.69) is 0 Å². The second kappa shape index (κ2) is 7.40. The fourth-order valence-electron chi connectivity index (χ4n) is 2.90. The predicted molar refractivity (Wildman–Crippen MR) is 89.3 cm³/mol. The van der Waals surface area contributed by atoms with Crippen molar-refractivity contribution < 1.29 is 24.2 Å². The van der Waals surface area contributed by atoms with Crippen molar-refractivity contribution in [3.05, 3.63) is 29.3 Å². The Bertz CT molecular complexity index is 619. The van der Waals surface area contributed by atoms with Crippen LogP contribution in [-0.4, -0.2) is 53.3 Å². The van der Waals surface area contributed by atoms with Crippen molar-refractivity contribution in [3.63, 3.8) is 0 Å². The molecule has 1 aliphatic heterocycles. The van der Waals surface area contributed by atoms with Crippen molar-refractivity contribution in [1.82, 2.24) is 4.90 Å². The fraction of sp³-hybridized carbons (Fsp3) is 0.529. The van der Waals surface area contributed by atoms with Gasteiger partial charge in [0.2, 0.25) is 0 Å². The van der Waals surface area contributed by atoms with Gasteiger partial charge < -0.3 is 19.5 Å². The van der Waals surface area contributed by atoms with E-state index in [9.17, 15) is 9.59 Å². The van der Waals surface area contributed by atoms with E-state index >= 15 is 0 Å². The van der Waals surface area contributed by atoms with Gasteiger partial charge in [-0.3, -0.25) is 9.59 Å². The number of ether oxygens (including phenoxy) is 2. The summed E-state index contributed by atoms with van der Waals surface area (Å²) in [6.07, 6.45) is 0.223. The summed E-state index contributed by atoms with van der Waals surface area (Å²) in [6.45, 7) is 3.68. The lowest BCUT2D eigenvalue weighted by Crippen LogP contribution is -2.51. The molecule has 2 atom stereocenters. The first-order valence-electron chi connectivity index (χ1n) is 7.73. The van der Waals surface area contributed by atoms with Crippen molar-refractivity contribution in [1.29, 1.82) is 0 Å². The maximum absolute atomic E-state index is 12.9. The number of aliphatic carboxylic acids is 1. The molecule has 0 radical (unpaired) electrons. The standard InChI is InChI=1S/C17H22ClNO5/c1-17(2,24-13-6-4-5-11(18)7-13)16(22)19-10-14(23-3)8-12(19)9-15(20)21/h4-7,12,14H,8-10H2,1-3H3,(H,20,21). The topological polar surface area (TPSA) is 76.1 Å². The van der Waals surface area contributed by atoms with Crippen LogP contribution in [0.3, 0.4) is 0 Å². The molecule has 1 aromatic carbocycles. The quantitative estimate of drug-likeness (QED) is 0.848. The van der Waals surface area contributed by atoms with E-state index in [0.717, 1.165) is 0 Å². The number of halogens is 1. The first kappa shape index (κ1) is 18.5. The number of carboxylic acid groups (broad SMARTS) is 1. The molecule has 1 fully saturated rings. The van der Waals surface area contributed by atoms with Crippen LogP contribution < -0.4 is 4.74 Å². The summed E-state index contributed by atoms with van der Waals surface area (Å²) in [6, 6.07) is 6.41. The van der Waals surface area contributed by atoms with Gasteiger partial charge in [0, 0.05) is 24.7 Å². The molecule has 2 rings (SSSR count). The van der Waals surface area contributed by atoms with E-state index in [0.29, 0.717) is 23.7 Å². The van der Waals surface area contributed by atoms with Gasteiger partial charge in [-0.2, -0.15) is 0 Å². The molecule has 1 saturated heterocycles. The molecule has 1 aliphatic rings. The van der Waals surface area contributed by atoms with Crippen molar-refractivity contribution in [2.75, 3.05) is 13.7 Å². The number of methoxy groups -OCH3 is 1. The second-order valence-electron chi connectivity index (χ2n) is 6.37. The lowest BCUT2D eigenvalue weighted by atomic mass is 10.1. The van der Waals surface area contributed by atoms with Crippen LogP contribution in [0.4, 0.5) is 0 Å². The Hall–Kier alpha value is -1.79. The third kappa shape index (κ3) is 4.39. The number of carboxylic acids is 1. The molecule has 1 aromatic rings. The highest BCUT2D eigenvalue weighted by atomic mass is 35.5. The van der Waals surface area contributed by atoms with Crippen LogP contribution in [0.25, 0.3) is 0 Å². The van der Waals surface area contributed by atoms with Crippen LogP contribution in [-0.2, 0) is 14.3 Å². The third-order valence-corrected chi connectivity index (χ3v) is 4.30. The molecule has 1 N–H and O–H groups in total. The molecule has 7 heteroatoms. The third-order valence-electron chi connectivity index (χ3n) is 4.06. The lowest BCUT2D eigenvalue weighted by molar-refractivity contribution is -0.148. The van der Waals surface area contributed by atoms with Crippen LogP contribution in [0.1, 0.15) is 26.7 Å². The molecule has 0 aliphatic carbocycles. The zero-order valence-corrected chi connectivity index (χ0v) is 14.7. The molecule has 132 valence electrons. The Morgan fingerprint density at radius 3 is 2.71 bits per heavy atom. The van der Waals surface area contributed by atoms with Gasteiger partial charge in [-0.05, 0) is 38.5 Å². The van der Waals surface area contributed by atoms with Crippen LogP contribution in [0, 0.1) is 0 Å². The average molecular weight is 356 g/mol. The summed E-state index contributed by atoms with van der Waals surface area (Å²) in [7, 11) is 1.56. The fourth-order valence-corrected chi connectivity index (χ4v) is 3.08. The molecule has 6 nitrogen and oxygen atoms in total. The molecule has 0 spiro atoms. The van der Waals surface area contributed by atoms with Crippen molar-refractivity contribution >= 4 is 23.5 Å². The Kier molecular flexibility index (Phi) is 5.72. The summed E-state index contributed by atoms with van der Waals surface area (Å²) in [5.74, 6) is -0.727. The smallest absolute Gasteiger partial charge is 0.305 e. The minimum absolute atomic E-state index is 0.112. The summed E-state index contributed by atoms with van der Waals surface area (Å²) in [5, 5.41) is 9.59. The Balaban J connectivity index is 2.15. The van der Waals surface area contributed by atoms with Gasteiger partial charge in [-0.15, -0.1) is 0 Å². The predicted octanol–water partition coefficient (Wildman–Crippen LogP) is 2.59. The second-order valence-corrected chi connectivity index (χ2v) is 6.81. The number of carbonyl (C=O) groups is 2. The van der Waals surface area contributed by atoms with Gasteiger partial charge in [0.05, 0.1) is 12.5 Å². The molecule has 2 unspecified atom stereocenters. The number of likely N-dealkylation sites (tertiary alicyclic amines) is 1. The van der Waals surface area contributed by atoms with Gasteiger partial charge >= 0.3 is 5.97 Å². The molecular formula is C17H22ClNO5. The number of amides is 1. The maximum Gasteiger partial charge on any atom is 0.305 e. The number of carbonyl (C=O) groups excluding carboxylic acids is 1. The first-order valence-corrected chi connectivity index (χ1v) is 8.11. The minimum Gasteiger partial charge on any atom is -0.481 e. The summed E-state index contributed by atoms with van der Waals surface area (Å²) in [4.78, 5) is 25.5. The molecular weight excluding hydrogens is 334 g/mol. The number of rotatable bonds is 6. The largest absolute Gasteiger partial charge is 0.481 e. The molecule has 0 saturated carbocycles. The number of nitrogens with zero attached hydrogens (tertiary/aromatic N) is 1. The maximum atomic E-state index is 12.9. The van der Waals surface area contributed by atoms with Gasteiger partial charge in [-0.1, -0.05) is 17.7 Å². The molecule has 1 amide bonds. The van der Waals surface area contributed by atoms with E-state index in [1.165, 1.54) is 0 Å². The summed E-state index contributed by atoms with van der Waals surface area (Å²) < 4.78 is 11.1. The lowest BCUT2D eigenvalue weighted by Gasteiger charge is -2.33. The van der Waals surface area contributed by atoms with Crippen molar-refractivity contribution in [2.45, 2.75) is 44.4 Å². The van der Waals surface area contributed by atoms with Crippen molar-refractivity contribution in [3.8, 4) is 5.75 Å². The monoisotopic (exact) mass is 355 g/mol. The van der Waals surface area contributed by atoms with Crippen LogP contribution in [0.5, 0.6) is 5.75 Å². The van der Waals surface area contributed by atoms with Gasteiger partial charge in [0.1, 0.15) is 5.75 Å². The zero-order valence-electron chi connectivity index (χ0n) is 14.0. The highest BCUT2D eigenvalue weighted by molar-refractivity contribution is 6.30. The first-order chi connectivity index (χ1) is 11.2. The zero-order chi connectivity index (χ0) is 17.9. The Morgan fingerprint density at radius 2 is 2.12 bits per heavy atom. The normalized spacial score (nSPS) is 20.9. The number of benzene rings is 1. The van der Waals surface area contributed by atoms with Gasteiger partial charge in [-0.25, -0.2) is 0 Å². The highest BCUT2D eigenvalue weighted by Gasteiger charge is 2.43. The number of hydrogen-bond acceptors (Lipinski definition) is 4. The van der Waals surface area contributed by atoms with E-state index in [1.54, 1.807) is 50.1 Å². The Labute approximate surface area is 146 Å². The van der Waals surface area contributed by atoms with Gasteiger partial charge in [0.15, 0.2) is 5.60 Å². The minimum atomic E-state index is -1.15. The van der Waals surface area contributed by atoms with Crippen LogP contribution in [0.15, 0.2) is 24.3 Å².